The maximum Gasteiger partial charge on any atom is 0.268 e. The first-order valence-corrected chi connectivity index (χ1v) is 13.1. The van der Waals surface area contributed by atoms with Crippen LogP contribution >= 0.6 is 0 Å². The predicted octanol–water partition coefficient (Wildman–Crippen LogP) is 3.17. The van der Waals surface area contributed by atoms with Gasteiger partial charge in [-0.3, -0.25) is 0 Å². The second kappa shape index (κ2) is 8.93. The van der Waals surface area contributed by atoms with Crippen LogP contribution in [-0.2, 0) is 20.0 Å². The third-order valence-electron chi connectivity index (χ3n) is 5.02. The summed E-state index contributed by atoms with van der Waals surface area (Å²) < 4.78 is 63.6. The van der Waals surface area contributed by atoms with E-state index in [0.717, 1.165) is 3.97 Å². The van der Waals surface area contributed by atoms with Gasteiger partial charge < -0.3 is 5.32 Å². The van der Waals surface area contributed by atoms with Gasteiger partial charge in [-0.05, 0) is 48.9 Å². The number of primary sulfonamides is 1. The van der Waals surface area contributed by atoms with E-state index in [9.17, 15) is 21.2 Å². The molecule has 11 heteroatoms. The molecule has 0 fully saturated rings. The van der Waals surface area contributed by atoms with Crippen LogP contribution in [0.4, 0.5) is 10.2 Å². The molecule has 0 unspecified atom stereocenters. The molecule has 2 heterocycles. The highest BCUT2D eigenvalue weighted by Crippen LogP contribution is 2.33. The monoisotopic (exact) mass is 488 g/mol. The van der Waals surface area contributed by atoms with Crippen molar-refractivity contribution in [2.75, 3.05) is 17.6 Å². The van der Waals surface area contributed by atoms with Crippen LogP contribution in [-0.4, -0.2) is 38.1 Å². The van der Waals surface area contributed by atoms with Crippen molar-refractivity contribution >= 4 is 36.8 Å². The first-order chi connectivity index (χ1) is 15.6. The molecule has 4 aromatic rings. The highest BCUT2D eigenvalue weighted by atomic mass is 32.2. The number of hydrogen-bond acceptors (Lipinski definition) is 6. The number of aromatic nitrogens is 2. The molecule has 0 atom stereocenters. The Morgan fingerprint density at radius 2 is 1.76 bits per heavy atom. The molecule has 3 N–H and O–H groups in total. The van der Waals surface area contributed by atoms with Crippen LogP contribution in [0.25, 0.3) is 22.0 Å². The first kappa shape index (κ1) is 22.9. The molecule has 0 aliphatic carbocycles. The molecule has 8 nitrogen and oxygen atoms in total. The molecule has 33 heavy (non-hydrogen) atoms. The second-order valence-corrected chi connectivity index (χ2v) is 10.9. The number of benzene rings is 2. The van der Waals surface area contributed by atoms with Crippen molar-refractivity contribution < 1.29 is 21.2 Å². The maximum absolute atomic E-state index is 14.0. The third-order valence-corrected chi connectivity index (χ3v) is 7.57. The number of hydrogen-bond donors (Lipinski definition) is 2. The number of sulfonamides is 1. The van der Waals surface area contributed by atoms with Gasteiger partial charge in [0.05, 0.1) is 16.2 Å². The van der Waals surface area contributed by atoms with Crippen molar-refractivity contribution in [2.24, 2.45) is 5.14 Å². The van der Waals surface area contributed by atoms with E-state index >= 15 is 0 Å². The summed E-state index contributed by atoms with van der Waals surface area (Å²) in [6, 6.07) is 15.4. The van der Waals surface area contributed by atoms with Crippen LogP contribution in [0.2, 0.25) is 0 Å². The summed E-state index contributed by atoms with van der Waals surface area (Å²) in [6.45, 7) is 0.372. The average molecular weight is 489 g/mol. The second-order valence-electron chi connectivity index (χ2n) is 7.40. The van der Waals surface area contributed by atoms with Gasteiger partial charge in [-0.2, -0.15) is 0 Å². The number of nitrogens with zero attached hydrogens (tertiary/aromatic N) is 2. The van der Waals surface area contributed by atoms with E-state index in [1.807, 2.05) is 0 Å². The zero-order valence-corrected chi connectivity index (χ0v) is 19.0. The van der Waals surface area contributed by atoms with E-state index in [-0.39, 0.29) is 16.2 Å². The smallest absolute Gasteiger partial charge is 0.268 e. The fourth-order valence-corrected chi connectivity index (χ4v) is 5.38. The predicted molar refractivity (Wildman–Crippen MR) is 125 cm³/mol. The Kier molecular flexibility index (Phi) is 6.19. The lowest BCUT2D eigenvalue weighted by Crippen LogP contribution is -2.18. The number of pyridine rings is 1. The minimum Gasteiger partial charge on any atom is -0.370 e. The Morgan fingerprint density at radius 1 is 1.00 bits per heavy atom. The Hall–Kier alpha value is -3.28. The molecule has 0 saturated heterocycles. The van der Waals surface area contributed by atoms with Crippen LogP contribution in [0.5, 0.6) is 0 Å². The number of anilines is 1. The lowest BCUT2D eigenvalue weighted by atomic mass is 10.1. The van der Waals surface area contributed by atoms with Crippen LogP contribution < -0.4 is 10.5 Å². The van der Waals surface area contributed by atoms with E-state index in [2.05, 4.69) is 10.3 Å². The van der Waals surface area contributed by atoms with Gasteiger partial charge in [0, 0.05) is 35.5 Å². The van der Waals surface area contributed by atoms with E-state index in [1.54, 1.807) is 36.5 Å². The largest absolute Gasteiger partial charge is 0.370 e. The van der Waals surface area contributed by atoms with Gasteiger partial charge in [0.15, 0.2) is 0 Å². The molecule has 2 aromatic carbocycles. The summed E-state index contributed by atoms with van der Waals surface area (Å²) in [5.74, 6) is -0.155. The Balaban J connectivity index is 1.68. The standard InChI is InChI=1S/C22H21FN4O4S2/c23-17-8-9-19-20(16-7-10-22(26-14-16)25-11-4-12-32(24,28)29)15-27(21(19)13-17)33(30,31)18-5-2-1-3-6-18/h1-3,5-10,13-15H,4,11-12H2,(H,25,26)(H2,24,28,29). The molecule has 172 valence electrons. The van der Waals surface area contributed by atoms with Crippen LogP contribution in [0.15, 0.2) is 78.0 Å². The highest BCUT2D eigenvalue weighted by molar-refractivity contribution is 7.90. The fraction of sp³-hybridized carbons (Fsp3) is 0.136. The Morgan fingerprint density at radius 3 is 2.42 bits per heavy atom. The number of halogens is 1. The number of rotatable bonds is 8. The summed E-state index contributed by atoms with van der Waals surface area (Å²) in [4.78, 5) is 4.41. The lowest BCUT2D eigenvalue weighted by molar-refractivity contribution is 0.588. The van der Waals surface area contributed by atoms with Crippen molar-refractivity contribution in [1.29, 1.82) is 0 Å². The van der Waals surface area contributed by atoms with Crippen molar-refractivity contribution in [3.05, 3.63) is 78.9 Å². The third kappa shape index (κ3) is 5.05. The molecule has 0 aliphatic rings. The lowest BCUT2D eigenvalue weighted by Gasteiger charge is -2.07. The molecular weight excluding hydrogens is 467 g/mol. The van der Waals surface area contributed by atoms with Crippen molar-refractivity contribution in [3.8, 4) is 11.1 Å². The van der Waals surface area contributed by atoms with E-state index in [0.29, 0.717) is 35.3 Å². The maximum atomic E-state index is 14.0. The van der Waals surface area contributed by atoms with E-state index in [1.165, 1.54) is 36.5 Å². The van der Waals surface area contributed by atoms with E-state index < -0.39 is 25.9 Å². The van der Waals surface area contributed by atoms with Gasteiger partial charge >= 0.3 is 0 Å². The average Bonchev–Trinajstić information content (AvgIpc) is 3.16. The van der Waals surface area contributed by atoms with Gasteiger partial charge in [0.25, 0.3) is 10.0 Å². The first-order valence-electron chi connectivity index (χ1n) is 9.97. The summed E-state index contributed by atoms with van der Waals surface area (Å²) in [5, 5.41) is 8.56. The van der Waals surface area contributed by atoms with Crippen LogP contribution in [0.1, 0.15) is 6.42 Å². The SMILES string of the molecule is NS(=O)(=O)CCCNc1ccc(-c2cn(S(=O)(=O)c3ccccc3)c3cc(F)ccc23)cn1. The van der Waals surface area contributed by atoms with Crippen LogP contribution in [0, 0.1) is 5.82 Å². The summed E-state index contributed by atoms with van der Waals surface area (Å²) >= 11 is 0. The molecule has 0 saturated carbocycles. The van der Waals surface area contributed by atoms with Gasteiger partial charge in [-0.25, -0.2) is 35.3 Å². The molecule has 0 aliphatic heterocycles. The zero-order valence-electron chi connectivity index (χ0n) is 17.3. The number of fused-ring (bicyclic) bond motifs is 1. The normalized spacial score (nSPS) is 12.2. The quantitative estimate of drug-likeness (QED) is 0.367. The minimum atomic E-state index is -3.95. The fourth-order valence-electron chi connectivity index (χ4n) is 3.45. The van der Waals surface area contributed by atoms with Gasteiger partial charge in [-0.1, -0.05) is 18.2 Å². The van der Waals surface area contributed by atoms with Gasteiger partial charge in [-0.15, -0.1) is 0 Å². The molecule has 0 spiro atoms. The van der Waals surface area contributed by atoms with E-state index in [4.69, 9.17) is 5.14 Å². The van der Waals surface area contributed by atoms with Gasteiger partial charge in [0.2, 0.25) is 10.0 Å². The summed E-state index contributed by atoms with van der Waals surface area (Å²) in [6.07, 6.45) is 3.36. The summed E-state index contributed by atoms with van der Waals surface area (Å²) in [7, 11) is -7.46. The topological polar surface area (TPSA) is 124 Å². The Bertz CT molecular complexity index is 1500. The van der Waals surface area contributed by atoms with Crippen molar-refractivity contribution in [3.63, 3.8) is 0 Å². The minimum absolute atomic E-state index is 0.0925. The molecule has 0 bridgehead atoms. The van der Waals surface area contributed by atoms with Crippen molar-refractivity contribution in [2.45, 2.75) is 11.3 Å². The van der Waals surface area contributed by atoms with Crippen LogP contribution in [0.3, 0.4) is 0 Å². The highest BCUT2D eigenvalue weighted by Gasteiger charge is 2.22. The molecule has 0 radical (unpaired) electrons. The Labute approximate surface area is 191 Å². The van der Waals surface area contributed by atoms with Gasteiger partial charge in [0.1, 0.15) is 11.6 Å². The van der Waals surface area contributed by atoms with Crippen molar-refractivity contribution in [1.82, 2.24) is 8.96 Å². The summed E-state index contributed by atoms with van der Waals surface area (Å²) in [5.41, 5.74) is 1.44. The molecule has 4 rings (SSSR count). The zero-order chi connectivity index (χ0) is 23.6. The number of nitrogens with two attached hydrogens (primary N) is 1. The molecular formula is C22H21FN4O4S2. The molecule has 0 amide bonds. The molecule has 2 aromatic heterocycles. The number of nitrogens with one attached hydrogen (secondary N) is 1.